The van der Waals surface area contributed by atoms with Gasteiger partial charge in [0.25, 0.3) is 0 Å². The Labute approximate surface area is 434 Å². The maximum absolute atomic E-state index is 13.7. The van der Waals surface area contributed by atoms with Crippen LogP contribution in [0.5, 0.6) is 0 Å². The van der Waals surface area contributed by atoms with Crippen LogP contribution in [0.25, 0.3) is 31.3 Å². The zero-order chi connectivity index (χ0) is 54.1. The third-order valence-electron chi connectivity index (χ3n) is 10.6. The van der Waals surface area contributed by atoms with Gasteiger partial charge in [0.2, 0.25) is 23.6 Å². The highest BCUT2D eigenvalue weighted by Gasteiger charge is 2.33. The molecule has 0 heterocycles. The number of hydrogen-bond acceptors (Lipinski definition) is 17. The number of carbonyl (C=O) groups excluding carboxylic acids is 4. The summed E-state index contributed by atoms with van der Waals surface area (Å²) in [4.78, 5) is 72.1. The largest absolute Gasteiger partial charge is 0.481 e. The summed E-state index contributed by atoms with van der Waals surface area (Å²) in [6, 6.07) is 0. The van der Waals surface area contributed by atoms with E-state index in [-0.39, 0.29) is 134 Å². The predicted molar refractivity (Wildman–Crippen MR) is 271 cm³/mol. The molecular formula is C46H85N13O15. The minimum absolute atomic E-state index is 0.00562. The molecule has 0 saturated carbocycles. The first-order valence-electron chi connectivity index (χ1n) is 25.7. The molecule has 0 atom stereocenters. The Morgan fingerprint density at radius 2 is 0.635 bits per heavy atom. The Kier molecular flexibility index (Phi) is 50.5. The molecule has 74 heavy (non-hydrogen) atoms. The summed E-state index contributed by atoms with van der Waals surface area (Å²) >= 11 is 0. The summed E-state index contributed by atoms with van der Waals surface area (Å²) < 4.78 is 48.9. The van der Waals surface area contributed by atoms with Gasteiger partial charge in [-0.1, -0.05) is 53.9 Å². The topological polar surface area (TPSA) is 383 Å². The number of carboxylic acids is 1. The van der Waals surface area contributed by atoms with Crippen molar-refractivity contribution in [3.8, 4) is 0 Å². The number of amides is 4. The van der Waals surface area contributed by atoms with E-state index in [0.717, 1.165) is 38.5 Å². The summed E-state index contributed by atoms with van der Waals surface area (Å²) in [5.41, 5.74) is 23.8. The Balaban J connectivity index is 5.46. The van der Waals surface area contributed by atoms with Gasteiger partial charge >= 0.3 is 5.97 Å². The molecule has 0 aromatic carbocycles. The lowest BCUT2D eigenvalue weighted by molar-refractivity contribution is -0.137. The van der Waals surface area contributed by atoms with E-state index in [0.29, 0.717) is 112 Å². The maximum Gasteiger partial charge on any atom is 0.303 e. The third-order valence-corrected chi connectivity index (χ3v) is 10.6. The molecule has 5 N–H and O–H groups in total. The SMILES string of the molecule is [N-]=[N+]=NCCOCCOCCOCCNC(=O)CCC(CCC(=O)NCCOCCOCCOCCN=[N+]=[N-])(CCC(=O)NCCOCCOCCOCCN=[N+]=[N-])NC(=O)CCCCCCCCCCC(=O)O. The Morgan fingerprint density at radius 3 is 0.932 bits per heavy atom. The first-order valence-corrected chi connectivity index (χ1v) is 25.7. The van der Waals surface area contributed by atoms with E-state index in [9.17, 15) is 24.0 Å². The van der Waals surface area contributed by atoms with Crippen LogP contribution in [0.4, 0.5) is 0 Å². The van der Waals surface area contributed by atoms with Gasteiger partial charge in [-0.3, -0.25) is 24.0 Å². The molecule has 0 aromatic heterocycles. The van der Waals surface area contributed by atoms with E-state index in [1.165, 1.54) is 0 Å². The van der Waals surface area contributed by atoms with Crippen LogP contribution in [0.1, 0.15) is 103 Å². The van der Waals surface area contributed by atoms with E-state index in [1.54, 1.807) is 0 Å². The van der Waals surface area contributed by atoms with Crippen LogP contribution in [-0.2, 0) is 66.6 Å². The fraction of sp³-hybridized carbons (Fsp3) is 0.891. The van der Waals surface area contributed by atoms with Crippen LogP contribution in [0.15, 0.2) is 15.3 Å². The van der Waals surface area contributed by atoms with Gasteiger partial charge in [-0.15, -0.1) is 0 Å². The first-order chi connectivity index (χ1) is 36.2. The van der Waals surface area contributed by atoms with Gasteiger partial charge in [0.05, 0.1) is 119 Å². The highest BCUT2D eigenvalue weighted by Crippen LogP contribution is 2.27. The Hall–Kier alpha value is -5.08. The summed E-state index contributed by atoms with van der Waals surface area (Å²) in [7, 11) is 0. The lowest BCUT2D eigenvalue weighted by Crippen LogP contribution is -2.50. The number of carboxylic acid groups (broad SMARTS) is 1. The number of unbranched alkanes of at least 4 members (excludes halogenated alkanes) is 7. The second-order valence-electron chi connectivity index (χ2n) is 16.5. The third kappa shape index (κ3) is 50.5. The van der Waals surface area contributed by atoms with Crippen LogP contribution in [0.2, 0.25) is 0 Å². The van der Waals surface area contributed by atoms with Gasteiger partial charge in [-0.25, -0.2) is 0 Å². The van der Waals surface area contributed by atoms with Crippen molar-refractivity contribution >= 4 is 29.6 Å². The van der Waals surface area contributed by atoms with Crippen molar-refractivity contribution < 1.29 is 71.7 Å². The molecular weight excluding hydrogens is 975 g/mol. The average Bonchev–Trinajstić information content (AvgIpc) is 3.38. The maximum atomic E-state index is 13.7. The van der Waals surface area contributed by atoms with E-state index in [1.807, 2.05) is 0 Å². The molecule has 0 fully saturated rings. The molecule has 0 rings (SSSR count). The number of aliphatic carboxylic acids is 1. The van der Waals surface area contributed by atoms with Crippen molar-refractivity contribution in [2.45, 2.75) is 108 Å². The van der Waals surface area contributed by atoms with Gasteiger partial charge in [-0.05, 0) is 48.7 Å². The number of carbonyl (C=O) groups is 5. The van der Waals surface area contributed by atoms with Crippen LogP contribution in [0.3, 0.4) is 0 Å². The van der Waals surface area contributed by atoms with Crippen LogP contribution in [-0.4, -0.2) is 198 Å². The molecule has 0 unspecified atom stereocenters. The van der Waals surface area contributed by atoms with Crippen molar-refractivity contribution in [1.82, 2.24) is 21.3 Å². The molecule has 28 nitrogen and oxygen atoms in total. The first kappa shape index (κ1) is 68.9. The number of ether oxygens (including phenoxy) is 9. The van der Waals surface area contributed by atoms with Crippen molar-refractivity contribution in [2.75, 3.05) is 158 Å². The summed E-state index contributed by atoms with van der Waals surface area (Å²) in [6.45, 7) is 6.87. The Bertz CT molecular complexity index is 1450. The molecule has 0 bridgehead atoms. The van der Waals surface area contributed by atoms with Crippen LogP contribution >= 0.6 is 0 Å². The molecule has 0 aromatic rings. The normalized spacial score (nSPS) is 11.6. The van der Waals surface area contributed by atoms with Gasteiger partial charge < -0.3 is 69.0 Å². The molecule has 0 radical (unpaired) electrons. The highest BCUT2D eigenvalue weighted by molar-refractivity contribution is 5.80. The average molecular weight is 1060 g/mol. The lowest BCUT2D eigenvalue weighted by Gasteiger charge is -2.35. The van der Waals surface area contributed by atoms with Gasteiger partial charge in [0.1, 0.15) is 0 Å². The number of nitrogens with zero attached hydrogens (tertiary/aromatic N) is 9. The molecule has 0 aliphatic heterocycles. The van der Waals surface area contributed by atoms with E-state index in [4.69, 9.17) is 64.3 Å². The minimum atomic E-state index is -1.10. The fourth-order valence-corrected chi connectivity index (χ4v) is 6.73. The van der Waals surface area contributed by atoms with Crippen molar-refractivity contribution in [3.05, 3.63) is 31.3 Å². The number of nitrogens with one attached hydrogen (secondary N) is 4. The number of hydrogen-bond donors (Lipinski definition) is 5. The van der Waals surface area contributed by atoms with Gasteiger partial charge in [0, 0.05) is 91.6 Å². The molecule has 424 valence electrons. The quantitative estimate of drug-likeness (QED) is 0.0241. The molecule has 0 aliphatic carbocycles. The zero-order valence-electron chi connectivity index (χ0n) is 43.5. The van der Waals surface area contributed by atoms with Crippen molar-refractivity contribution in [1.29, 1.82) is 0 Å². The second-order valence-corrected chi connectivity index (χ2v) is 16.5. The predicted octanol–water partition coefficient (Wildman–Crippen LogP) is 4.60. The summed E-state index contributed by atoms with van der Waals surface area (Å²) in [5.74, 6) is -1.92. The number of rotatable bonds is 57. The molecule has 0 aliphatic rings. The van der Waals surface area contributed by atoms with E-state index < -0.39 is 11.5 Å². The fourth-order valence-electron chi connectivity index (χ4n) is 6.73. The Morgan fingerprint density at radius 1 is 0.365 bits per heavy atom. The van der Waals surface area contributed by atoms with Crippen LogP contribution < -0.4 is 21.3 Å². The minimum Gasteiger partial charge on any atom is -0.481 e. The van der Waals surface area contributed by atoms with E-state index in [2.05, 4.69) is 51.3 Å². The zero-order valence-corrected chi connectivity index (χ0v) is 43.5. The standard InChI is InChI=1S/C46H85N13O15/c47-57-53-20-26-69-32-38-72-35-29-66-23-17-50-41(60)11-14-46(56-44(63)9-7-5-3-1-2-4-6-8-10-45(64)65,15-12-42(61)51-18-24-67-30-36-73-39-33-70-27-21-54-58-48)16-13-43(62)52-19-25-68-31-37-74-40-34-71-28-22-55-59-49/h1-40H2,(H,50,60)(H,51,61)(H,52,62)(H,56,63)(H,64,65). The van der Waals surface area contributed by atoms with Gasteiger partial charge in [-0.2, -0.15) is 0 Å². The summed E-state index contributed by atoms with van der Waals surface area (Å²) in [5, 5.41) is 30.7. The molecule has 28 heteroatoms. The van der Waals surface area contributed by atoms with Gasteiger partial charge in [0.15, 0.2) is 0 Å². The molecule has 0 spiro atoms. The van der Waals surface area contributed by atoms with Crippen molar-refractivity contribution in [2.24, 2.45) is 15.3 Å². The smallest absolute Gasteiger partial charge is 0.303 e. The monoisotopic (exact) mass is 1060 g/mol. The lowest BCUT2D eigenvalue weighted by atomic mass is 9.82. The molecule has 4 amide bonds. The second kappa shape index (κ2) is 54.2. The highest BCUT2D eigenvalue weighted by atomic mass is 16.6. The number of azide groups is 3. The molecule has 0 saturated heterocycles. The summed E-state index contributed by atoms with van der Waals surface area (Å²) in [6.07, 6.45) is 7.62. The van der Waals surface area contributed by atoms with E-state index >= 15 is 0 Å². The van der Waals surface area contributed by atoms with Crippen LogP contribution in [0, 0.1) is 0 Å². The van der Waals surface area contributed by atoms with Crippen molar-refractivity contribution in [3.63, 3.8) is 0 Å².